The van der Waals surface area contributed by atoms with Crippen LogP contribution in [0.25, 0.3) is 0 Å². The molecule has 0 fully saturated rings. The maximum absolute atomic E-state index is 12.9. The van der Waals surface area contributed by atoms with E-state index in [-0.39, 0.29) is 10.6 Å². The van der Waals surface area contributed by atoms with E-state index in [1.54, 1.807) is 0 Å². The number of fused-ring (bicyclic) bond motifs is 1. The largest absolute Gasteiger partial charge is 0.489 e. The molecule has 0 unspecified atom stereocenters. The Balaban J connectivity index is 1.67. The van der Waals surface area contributed by atoms with Crippen LogP contribution in [0.3, 0.4) is 0 Å². The fraction of sp³-hybridized carbons (Fsp3) is 0.263. The van der Waals surface area contributed by atoms with Crippen LogP contribution >= 0.6 is 11.6 Å². The SMILES string of the molecule is C[C@@H](OC(=O)c1cc(Cl)c2c(c1)OCCCO2)C(=O)Nc1ccc(F)cc1. The van der Waals surface area contributed by atoms with E-state index in [9.17, 15) is 14.0 Å². The van der Waals surface area contributed by atoms with E-state index in [1.807, 2.05) is 0 Å². The molecular weight excluding hydrogens is 377 g/mol. The van der Waals surface area contributed by atoms with Crippen LogP contribution < -0.4 is 14.8 Å². The zero-order valence-corrected chi connectivity index (χ0v) is 15.2. The number of halogens is 2. The summed E-state index contributed by atoms with van der Waals surface area (Å²) in [6, 6.07) is 8.12. The van der Waals surface area contributed by atoms with E-state index < -0.39 is 23.8 Å². The number of ether oxygens (including phenoxy) is 3. The number of benzene rings is 2. The Bertz CT molecular complexity index is 856. The van der Waals surface area contributed by atoms with Crippen LogP contribution in [0.4, 0.5) is 10.1 Å². The van der Waals surface area contributed by atoms with E-state index in [0.29, 0.717) is 36.8 Å². The number of anilines is 1. The van der Waals surface area contributed by atoms with E-state index >= 15 is 0 Å². The molecule has 0 saturated heterocycles. The highest BCUT2D eigenvalue weighted by molar-refractivity contribution is 6.32. The summed E-state index contributed by atoms with van der Waals surface area (Å²) in [5.41, 5.74) is 0.536. The molecule has 0 spiro atoms. The second-order valence-corrected chi connectivity index (χ2v) is 6.29. The van der Waals surface area contributed by atoms with Gasteiger partial charge in [0.15, 0.2) is 17.6 Å². The van der Waals surface area contributed by atoms with Gasteiger partial charge in [-0.2, -0.15) is 0 Å². The summed E-state index contributed by atoms with van der Waals surface area (Å²) < 4.78 is 29.1. The lowest BCUT2D eigenvalue weighted by atomic mass is 10.2. The normalized spacial score (nSPS) is 14.0. The molecule has 8 heteroatoms. The molecule has 2 aromatic rings. The maximum Gasteiger partial charge on any atom is 0.339 e. The second-order valence-electron chi connectivity index (χ2n) is 5.88. The summed E-state index contributed by atoms with van der Waals surface area (Å²) in [5, 5.41) is 2.77. The number of rotatable bonds is 4. The summed E-state index contributed by atoms with van der Waals surface area (Å²) in [6.45, 7) is 2.34. The minimum absolute atomic E-state index is 0.144. The third-order valence-electron chi connectivity index (χ3n) is 3.80. The molecule has 0 aliphatic carbocycles. The predicted octanol–water partition coefficient (Wildman–Crippen LogP) is 3.82. The fourth-order valence-corrected chi connectivity index (χ4v) is 2.67. The van der Waals surface area contributed by atoms with E-state index in [2.05, 4.69) is 5.32 Å². The van der Waals surface area contributed by atoms with Crippen molar-refractivity contribution in [1.82, 2.24) is 0 Å². The van der Waals surface area contributed by atoms with Crippen molar-refractivity contribution in [2.24, 2.45) is 0 Å². The molecule has 1 amide bonds. The Labute approximate surface area is 160 Å². The highest BCUT2D eigenvalue weighted by atomic mass is 35.5. The van der Waals surface area contributed by atoms with Gasteiger partial charge in [-0.1, -0.05) is 11.6 Å². The van der Waals surface area contributed by atoms with Crippen LogP contribution in [0.5, 0.6) is 11.5 Å². The van der Waals surface area contributed by atoms with Crippen molar-refractivity contribution in [3.8, 4) is 11.5 Å². The smallest absolute Gasteiger partial charge is 0.339 e. The van der Waals surface area contributed by atoms with Gasteiger partial charge >= 0.3 is 5.97 Å². The van der Waals surface area contributed by atoms with Gasteiger partial charge in [-0.05, 0) is 43.3 Å². The van der Waals surface area contributed by atoms with Crippen molar-refractivity contribution in [2.75, 3.05) is 18.5 Å². The molecule has 0 radical (unpaired) electrons. The number of carbonyl (C=O) groups excluding carboxylic acids is 2. The average Bonchev–Trinajstić information content (AvgIpc) is 2.89. The molecule has 0 bridgehead atoms. The second kappa shape index (κ2) is 8.26. The molecule has 142 valence electrons. The first-order chi connectivity index (χ1) is 12.9. The van der Waals surface area contributed by atoms with Crippen LogP contribution in [0.1, 0.15) is 23.7 Å². The number of carbonyl (C=O) groups is 2. The van der Waals surface area contributed by atoms with Crippen molar-refractivity contribution in [2.45, 2.75) is 19.4 Å². The molecule has 0 saturated carbocycles. The van der Waals surface area contributed by atoms with Gasteiger partial charge in [0.2, 0.25) is 0 Å². The Morgan fingerprint density at radius 1 is 1.19 bits per heavy atom. The van der Waals surface area contributed by atoms with Gasteiger partial charge < -0.3 is 19.5 Å². The molecular formula is C19H17ClFNO5. The van der Waals surface area contributed by atoms with Crippen LogP contribution in [0.2, 0.25) is 5.02 Å². The monoisotopic (exact) mass is 393 g/mol. The third-order valence-corrected chi connectivity index (χ3v) is 4.08. The van der Waals surface area contributed by atoms with Crippen molar-refractivity contribution < 1.29 is 28.2 Å². The van der Waals surface area contributed by atoms with Crippen molar-refractivity contribution >= 4 is 29.2 Å². The number of hydrogen-bond acceptors (Lipinski definition) is 5. The molecule has 6 nitrogen and oxygen atoms in total. The number of amides is 1. The van der Waals surface area contributed by atoms with Gasteiger partial charge in [-0.15, -0.1) is 0 Å². The molecule has 1 N–H and O–H groups in total. The fourth-order valence-electron chi connectivity index (χ4n) is 2.41. The molecule has 1 heterocycles. The molecule has 0 aromatic heterocycles. The molecule has 1 atom stereocenters. The molecule has 1 aliphatic rings. The van der Waals surface area contributed by atoms with E-state index in [0.717, 1.165) is 0 Å². The number of hydrogen-bond donors (Lipinski definition) is 1. The van der Waals surface area contributed by atoms with Gasteiger partial charge in [-0.3, -0.25) is 4.79 Å². The molecule has 1 aliphatic heterocycles. The molecule has 2 aromatic carbocycles. The lowest BCUT2D eigenvalue weighted by molar-refractivity contribution is -0.123. The van der Waals surface area contributed by atoms with Crippen LogP contribution in [0, 0.1) is 5.82 Å². The quantitative estimate of drug-likeness (QED) is 0.799. The van der Waals surface area contributed by atoms with Crippen molar-refractivity contribution in [3.05, 3.63) is 52.8 Å². The Morgan fingerprint density at radius 2 is 1.89 bits per heavy atom. The first kappa shape index (κ1) is 19.0. The van der Waals surface area contributed by atoms with Crippen molar-refractivity contribution in [3.63, 3.8) is 0 Å². The summed E-state index contributed by atoms with van der Waals surface area (Å²) >= 11 is 6.16. The summed E-state index contributed by atoms with van der Waals surface area (Å²) in [5.74, 6) is -0.952. The summed E-state index contributed by atoms with van der Waals surface area (Å²) in [4.78, 5) is 24.5. The first-order valence-electron chi connectivity index (χ1n) is 8.30. The van der Waals surface area contributed by atoms with Gasteiger partial charge in [0.05, 0.1) is 23.8 Å². The average molecular weight is 394 g/mol. The Morgan fingerprint density at radius 3 is 2.63 bits per heavy atom. The van der Waals surface area contributed by atoms with Gasteiger partial charge in [0, 0.05) is 12.1 Å². The van der Waals surface area contributed by atoms with Gasteiger partial charge in [0.25, 0.3) is 5.91 Å². The maximum atomic E-state index is 12.9. The van der Waals surface area contributed by atoms with Gasteiger partial charge in [0.1, 0.15) is 5.82 Å². The zero-order valence-electron chi connectivity index (χ0n) is 14.5. The lowest BCUT2D eigenvalue weighted by Gasteiger charge is -2.15. The summed E-state index contributed by atoms with van der Waals surface area (Å²) in [7, 11) is 0. The minimum Gasteiger partial charge on any atom is -0.489 e. The highest BCUT2D eigenvalue weighted by Crippen LogP contribution is 2.38. The molecule has 27 heavy (non-hydrogen) atoms. The van der Waals surface area contributed by atoms with Gasteiger partial charge in [-0.25, -0.2) is 9.18 Å². The topological polar surface area (TPSA) is 73.9 Å². The number of nitrogens with one attached hydrogen (secondary N) is 1. The number of esters is 1. The molecule has 3 rings (SSSR count). The third kappa shape index (κ3) is 4.68. The van der Waals surface area contributed by atoms with E-state index in [1.165, 1.54) is 43.3 Å². The highest BCUT2D eigenvalue weighted by Gasteiger charge is 2.23. The predicted molar refractivity (Wildman–Crippen MR) is 97.0 cm³/mol. The summed E-state index contributed by atoms with van der Waals surface area (Å²) in [6.07, 6.45) is -0.372. The van der Waals surface area contributed by atoms with Crippen LogP contribution in [-0.4, -0.2) is 31.2 Å². The van der Waals surface area contributed by atoms with Crippen molar-refractivity contribution in [1.29, 1.82) is 0 Å². The first-order valence-corrected chi connectivity index (χ1v) is 8.68. The lowest BCUT2D eigenvalue weighted by Crippen LogP contribution is -2.30. The van der Waals surface area contributed by atoms with Crippen LogP contribution in [0.15, 0.2) is 36.4 Å². The van der Waals surface area contributed by atoms with Crippen LogP contribution in [-0.2, 0) is 9.53 Å². The Kier molecular flexibility index (Phi) is 5.81. The zero-order chi connectivity index (χ0) is 19.4. The minimum atomic E-state index is -1.07. The Hall–Kier alpha value is -2.80. The standard InChI is InChI=1S/C19H17ClFNO5/c1-11(18(23)22-14-5-3-13(21)4-6-14)27-19(24)12-9-15(20)17-16(10-12)25-7-2-8-26-17/h3-6,9-11H,2,7-8H2,1H3,(H,22,23)/t11-/m1/s1. The van der Waals surface area contributed by atoms with E-state index in [4.69, 9.17) is 25.8 Å².